The van der Waals surface area contributed by atoms with Gasteiger partial charge in [-0.25, -0.2) is 8.42 Å². The Labute approximate surface area is 174 Å². The van der Waals surface area contributed by atoms with E-state index in [-0.39, 0.29) is 24.0 Å². The molecular weight excluding hydrogens is 465 g/mol. The van der Waals surface area contributed by atoms with E-state index in [4.69, 9.17) is 4.74 Å². The molecule has 1 aromatic rings. The standard InChI is InChI=1S/C18H29N3O3S.HI/c1-15-7-5-6-8-16(15)13-21(3)17(19-2)20-14-18(25(4,22)23)9-11-24-12-10-18;/h5-8H,9-14H2,1-4H3,(H,19,20);1H. The van der Waals surface area contributed by atoms with Crippen molar-refractivity contribution in [3.05, 3.63) is 35.4 Å². The molecule has 0 amide bonds. The van der Waals surface area contributed by atoms with Crippen molar-refractivity contribution in [2.45, 2.75) is 31.1 Å². The molecule has 0 atom stereocenters. The molecule has 6 nitrogen and oxygen atoms in total. The fourth-order valence-corrected chi connectivity index (χ4v) is 4.41. The number of nitrogens with zero attached hydrogens (tertiary/aromatic N) is 2. The van der Waals surface area contributed by atoms with Crippen LogP contribution < -0.4 is 5.32 Å². The van der Waals surface area contributed by atoms with Gasteiger partial charge >= 0.3 is 0 Å². The topological polar surface area (TPSA) is 71.0 Å². The molecule has 0 unspecified atom stereocenters. The van der Waals surface area contributed by atoms with Crippen molar-refractivity contribution in [1.82, 2.24) is 10.2 Å². The number of halogens is 1. The number of ether oxygens (including phenoxy) is 1. The molecule has 0 aliphatic carbocycles. The highest BCUT2D eigenvalue weighted by Crippen LogP contribution is 2.28. The van der Waals surface area contributed by atoms with Gasteiger partial charge in [0.05, 0.1) is 4.75 Å². The Bertz CT molecular complexity index is 716. The summed E-state index contributed by atoms with van der Waals surface area (Å²) in [7, 11) is 0.475. The molecule has 0 aromatic heterocycles. The summed E-state index contributed by atoms with van der Waals surface area (Å²) in [6.07, 6.45) is 2.34. The fraction of sp³-hybridized carbons (Fsp3) is 0.611. The van der Waals surface area contributed by atoms with Crippen molar-refractivity contribution in [2.75, 3.05) is 40.1 Å². The molecule has 8 heteroatoms. The summed E-state index contributed by atoms with van der Waals surface area (Å²) in [5.41, 5.74) is 2.44. The van der Waals surface area contributed by atoms with Crippen LogP contribution in [-0.2, 0) is 21.1 Å². The van der Waals surface area contributed by atoms with Crippen LogP contribution >= 0.6 is 24.0 Å². The van der Waals surface area contributed by atoms with Gasteiger partial charge in [0.25, 0.3) is 0 Å². The lowest BCUT2D eigenvalue weighted by molar-refractivity contribution is 0.0755. The largest absolute Gasteiger partial charge is 0.381 e. The van der Waals surface area contributed by atoms with E-state index in [0.717, 1.165) is 0 Å². The van der Waals surface area contributed by atoms with Crippen LogP contribution in [0.25, 0.3) is 0 Å². The smallest absolute Gasteiger partial charge is 0.193 e. The highest BCUT2D eigenvalue weighted by molar-refractivity contribution is 14.0. The van der Waals surface area contributed by atoms with Crippen molar-refractivity contribution < 1.29 is 13.2 Å². The molecule has 26 heavy (non-hydrogen) atoms. The van der Waals surface area contributed by atoms with E-state index in [1.165, 1.54) is 17.4 Å². The Morgan fingerprint density at radius 3 is 2.46 bits per heavy atom. The van der Waals surface area contributed by atoms with Gasteiger partial charge < -0.3 is 15.0 Å². The number of rotatable bonds is 5. The summed E-state index contributed by atoms with van der Waals surface area (Å²) in [5.74, 6) is 0.692. The van der Waals surface area contributed by atoms with Crippen molar-refractivity contribution in [3.8, 4) is 0 Å². The van der Waals surface area contributed by atoms with Crippen LogP contribution in [-0.4, -0.2) is 64.1 Å². The lowest BCUT2D eigenvalue weighted by Gasteiger charge is -2.36. The third-order valence-corrected chi connectivity index (χ3v) is 7.13. The minimum absolute atomic E-state index is 0. The quantitative estimate of drug-likeness (QED) is 0.386. The van der Waals surface area contributed by atoms with E-state index in [9.17, 15) is 8.42 Å². The number of nitrogens with one attached hydrogen (secondary N) is 1. The van der Waals surface area contributed by atoms with E-state index in [0.29, 0.717) is 45.1 Å². The number of hydrogen-bond donors (Lipinski definition) is 1. The SMILES string of the molecule is CN=C(NCC1(S(C)(=O)=O)CCOCC1)N(C)Cc1ccccc1C.I. The number of benzene rings is 1. The van der Waals surface area contributed by atoms with Crippen molar-refractivity contribution in [3.63, 3.8) is 0 Å². The molecule has 1 heterocycles. The van der Waals surface area contributed by atoms with Crippen molar-refractivity contribution >= 4 is 39.8 Å². The molecule has 1 aliphatic rings. The second kappa shape index (κ2) is 9.89. The zero-order valence-corrected chi connectivity index (χ0v) is 19.1. The van der Waals surface area contributed by atoms with Gasteiger partial charge in [0.2, 0.25) is 0 Å². The highest BCUT2D eigenvalue weighted by Gasteiger charge is 2.42. The molecule has 0 bridgehead atoms. The van der Waals surface area contributed by atoms with Gasteiger partial charge in [-0.05, 0) is 30.9 Å². The normalized spacial score (nSPS) is 17.3. The molecule has 1 saturated heterocycles. The Balaban J connectivity index is 0.00000338. The zero-order chi connectivity index (χ0) is 18.5. The van der Waals surface area contributed by atoms with Crippen LogP contribution in [0.2, 0.25) is 0 Å². The number of sulfone groups is 1. The van der Waals surface area contributed by atoms with Gasteiger partial charge in [0.1, 0.15) is 0 Å². The number of guanidine groups is 1. The van der Waals surface area contributed by atoms with E-state index >= 15 is 0 Å². The molecule has 0 radical (unpaired) electrons. The summed E-state index contributed by atoms with van der Waals surface area (Å²) >= 11 is 0. The maximum Gasteiger partial charge on any atom is 0.193 e. The second-order valence-corrected chi connectivity index (χ2v) is 9.16. The highest BCUT2D eigenvalue weighted by atomic mass is 127. The molecule has 1 N–H and O–H groups in total. The molecule has 0 spiro atoms. The minimum Gasteiger partial charge on any atom is -0.381 e. The predicted octanol–water partition coefficient (Wildman–Crippen LogP) is 2.21. The molecule has 1 fully saturated rings. The van der Waals surface area contributed by atoms with Crippen molar-refractivity contribution in [1.29, 1.82) is 0 Å². The van der Waals surface area contributed by atoms with E-state index in [1.807, 2.05) is 24.1 Å². The molecule has 1 aromatic carbocycles. The van der Waals surface area contributed by atoms with Gasteiger partial charge in [-0.3, -0.25) is 4.99 Å². The van der Waals surface area contributed by atoms with Crippen LogP contribution in [0.5, 0.6) is 0 Å². The molecule has 2 rings (SSSR count). The predicted molar refractivity (Wildman–Crippen MR) is 117 cm³/mol. The van der Waals surface area contributed by atoms with Crippen LogP contribution in [0.15, 0.2) is 29.3 Å². The third-order valence-electron chi connectivity index (χ3n) is 5.00. The van der Waals surface area contributed by atoms with Gasteiger partial charge in [-0.15, -0.1) is 24.0 Å². The summed E-state index contributed by atoms with van der Waals surface area (Å²) in [6, 6.07) is 8.22. The Morgan fingerprint density at radius 1 is 1.31 bits per heavy atom. The summed E-state index contributed by atoms with van der Waals surface area (Å²) < 4.78 is 29.3. The maximum atomic E-state index is 12.4. The summed E-state index contributed by atoms with van der Waals surface area (Å²) in [5, 5.41) is 3.27. The lowest BCUT2D eigenvalue weighted by Crippen LogP contribution is -2.53. The van der Waals surface area contributed by atoms with E-state index in [2.05, 4.69) is 29.4 Å². The molecule has 148 valence electrons. The fourth-order valence-electron chi connectivity index (χ4n) is 3.16. The van der Waals surface area contributed by atoms with Gasteiger partial charge in [0, 0.05) is 46.7 Å². The molecule has 0 saturated carbocycles. The van der Waals surface area contributed by atoms with E-state index < -0.39 is 14.6 Å². The number of aryl methyl sites for hydroxylation is 1. The Hall–Kier alpha value is -0.870. The third kappa shape index (κ3) is 5.56. The van der Waals surface area contributed by atoms with Crippen LogP contribution in [0, 0.1) is 6.92 Å². The number of hydrogen-bond acceptors (Lipinski definition) is 4. The first-order valence-electron chi connectivity index (χ1n) is 8.53. The Morgan fingerprint density at radius 2 is 1.92 bits per heavy atom. The molecular formula is C18H30IN3O3S. The minimum atomic E-state index is -3.20. The number of aliphatic imine (C=N–C) groups is 1. The maximum absolute atomic E-state index is 12.4. The molecule has 1 aliphatic heterocycles. The first-order valence-corrected chi connectivity index (χ1v) is 10.4. The zero-order valence-electron chi connectivity index (χ0n) is 16.0. The van der Waals surface area contributed by atoms with Crippen molar-refractivity contribution in [2.24, 2.45) is 4.99 Å². The lowest BCUT2D eigenvalue weighted by atomic mass is 9.99. The van der Waals surface area contributed by atoms with Gasteiger partial charge in [-0.2, -0.15) is 0 Å². The first kappa shape index (κ1) is 23.2. The average Bonchev–Trinajstić information content (AvgIpc) is 2.57. The van der Waals surface area contributed by atoms with Gasteiger partial charge in [0.15, 0.2) is 15.8 Å². The second-order valence-electron chi connectivity index (χ2n) is 6.75. The monoisotopic (exact) mass is 495 g/mol. The average molecular weight is 495 g/mol. The van der Waals surface area contributed by atoms with Crippen LogP contribution in [0.4, 0.5) is 0 Å². The van der Waals surface area contributed by atoms with Crippen LogP contribution in [0.1, 0.15) is 24.0 Å². The van der Waals surface area contributed by atoms with Crippen LogP contribution in [0.3, 0.4) is 0 Å². The summed E-state index contributed by atoms with van der Waals surface area (Å²) in [6.45, 7) is 4.10. The summed E-state index contributed by atoms with van der Waals surface area (Å²) in [4.78, 5) is 6.33. The van der Waals surface area contributed by atoms with Gasteiger partial charge in [-0.1, -0.05) is 24.3 Å². The van der Waals surface area contributed by atoms with E-state index in [1.54, 1.807) is 7.05 Å². The first-order chi connectivity index (χ1) is 11.8. The Kier molecular flexibility index (Phi) is 8.81.